The SMILES string of the molecule is C/C=C/CC1CCC(C2CCC(C3CCC(OC)C(F)C3F)CC2)CC1. The van der Waals surface area contributed by atoms with Crippen LogP contribution in [0.2, 0.25) is 0 Å². The molecule has 0 saturated heterocycles. The molecule has 0 aromatic carbocycles. The van der Waals surface area contributed by atoms with Crippen molar-refractivity contribution < 1.29 is 13.5 Å². The Morgan fingerprint density at radius 1 is 0.769 bits per heavy atom. The Labute approximate surface area is 159 Å². The van der Waals surface area contributed by atoms with Gasteiger partial charge >= 0.3 is 0 Å². The van der Waals surface area contributed by atoms with Gasteiger partial charge in [-0.1, -0.05) is 12.2 Å². The van der Waals surface area contributed by atoms with E-state index in [1.54, 1.807) is 0 Å². The van der Waals surface area contributed by atoms with Gasteiger partial charge in [-0.15, -0.1) is 0 Å². The highest BCUT2D eigenvalue weighted by Gasteiger charge is 2.44. The zero-order valence-corrected chi connectivity index (χ0v) is 16.7. The van der Waals surface area contributed by atoms with E-state index in [9.17, 15) is 8.78 Å². The van der Waals surface area contributed by atoms with Crippen LogP contribution >= 0.6 is 0 Å². The second-order valence-electron chi connectivity index (χ2n) is 9.16. The van der Waals surface area contributed by atoms with E-state index in [4.69, 9.17) is 4.74 Å². The first-order valence-corrected chi connectivity index (χ1v) is 11.1. The van der Waals surface area contributed by atoms with Crippen LogP contribution in [0.5, 0.6) is 0 Å². The highest BCUT2D eigenvalue weighted by atomic mass is 19.2. The molecule has 0 radical (unpaired) electrons. The zero-order valence-electron chi connectivity index (χ0n) is 16.7. The van der Waals surface area contributed by atoms with Crippen molar-refractivity contribution in [3.8, 4) is 0 Å². The average Bonchev–Trinajstić information content (AvgIpc) is 2.69. The second kappa shape index (κ2) is 9.66. The first-order chi connectivity index (χ1) is 12.6. The van der Waals surface area contributed by atoms with E-state index in [1.165, 1.54) is 52.1 Å². The summed E-state index contributed by atoms with van der Waals surface area (Å²) in [5.41, 5.74) is 0. The number of hydrogen-bond donors (Lipinski definition) is 0. The minimum absolute atomic E-state index is 0.0751. The van der Waals surface area contributed by atoms with Gasteiger partial charge in [0.15, 0.2) is 6.17 Å². The van der Waals surface area contributed by atoms with Gasteiger partial charge in [-0.25, -0.2) is 8.78 Å². The van der Waals surface area contributed by atoms with E-state index < -0.39 is 18.4 Å². The molecule has 0 heterocycles. The van der Waals surface area contributed by atoms with Gasteiger partial charge < -0.3 is 4.74 Å². The smallest absolute Gasteiger partial charge is 0.157 e. The predicted octanol–water partition coefficient (Wildman–Crippen LogP) is 6.67. The predicted molar refractivity (Wildman–Crippen MR) is 104 cm³/mol. The third kappa shape index (κ3) is 4.69. The molecule has 4 atom stereocenters. The van der Waals surface area contributed by atoms with Gasteiger partial charge in [-0.3, -0.25) is 0 Å². The molecule has 3 heteroatoms. The highest BCUT2D eigenvalue weighted by molar-refractivity contribution is 4.94. The first kappa shape index (κ1) is 20.3. The largest absolute Gasteiger partial charge is 0.378 e. The molecule has 26 heavy (non-hydrogen) atoms. The van der Waals surface area contributed by atoms with Gasteiger partial charge in [0, 0.05) is 7.11 Å². The number of alkyl halides is 2. The van der Waals surface area contributed by atoms with Crippen LogP contribution in [0.25, 0.3) is 0 Å². The normalized spacial score (nSPS) is 45.1. The van der Waals surface area contributed by atoms with Crippen molar-refractivity contribution in [1.82, 2.24) is 0 Å². The zero-order chi connectivity index (χ0) is 18.5. The minimum Gasteiger partial charge on any atom is -0.378 e. The van der Waals surface area contributed by atoms with Crippen LogP contribution in [0.3, 0.4) is 0 Å². The van der Waals surface area contributed by atoms with Crippen molar-refractivity contribution in [1.29, 1.82) is 0 Å². The molecule has 3 fully saturated rings. The van der Waals surface area contributed by atoms with Crippen molar-refractivity contribution in [3.05, 3.63) is 12.2 Å². The second-order valence-corrected chi connectivity index (χ2v) is 9.16. The highest BCUT2D eigenvalue weighted by Crippen LogP contribution is 2.46. The van der Waals surface area contributed by atoms with Crippen molar-refractivity contribution in [2.75, 3.05) is 7.11 Å². The Hall–Kier alpha value is -0.440. The summed E-state index contributed by atoms with van der Waals surface area (Å²) >= 11 is 0. The van der Waals surface area contributed by atoms with Crippen molar-refractivity contribution in [2.24, 2.45) is 29.6 Å². The molecule has 1 nitrogen and oxygen atoms in total. The fourth-order valence-electron chi connectivity index (χ4n) is 6.13. The lowest BCUT2D eigenvalue weighted by Crippen LogP contribution is -2.45. The minimum atomic E-state index is -1.43. The number of hydrogen-bond acceptors (Lipinski definition) is 1. The topological polar surface area (TPSA) is 9.23 Å². The summed E-state index contributed by atoms with van der Waals surface area (Å²) < 4.78 is 34.0. The average molecular weight is 369 g/mol. The molecule has 3 saturated carbocycles. The fourth-order valence-corrected chi connectivity index (χ4v) is 6.13. The number of ether oxygens (including phenoxy) is 1. The Morgan fingerprint density at radius 3 is 1.92 bits per heavy atom. The molecule has 3 aliphatic carbocycles. The van der Waals surface area contributed by atoms with Crippen molar-refractivity contribution in [3.63, 3.8) is 0 Å². The summed E-state index contributed by atoms with van der Waals surface area (Å²) in [5, 5.41) is 0. The summed E-state index contributed by atoms with van der Waals surface area (Å²) in [5.74, 6) is 2.93. The summed E-state index contributed by atoms with van der Waals surface area (Å²) in [6.07, 6.45) is 14.2. The molecule has 0 aromatic heterocycles. The Kier molecular flexibility index (Phi) is 7.54. The number of rotatable bonds is 5. The Balaban J connectivity index is 1.43. The quantitative estimate of drug-likeness (QED) is 0.493. The van der Waals surface area contributed by atoms with E-state index in [0.717, 1.165) is 37.0 Å². The lowest BCUT2D eigenvalue weighted by atomic mass is 9.65. The van der Waals surface area contributed by atoms with E-state index in [1.807, 2.05) is 0 Å². The molecule has 0 aromatic rings. The molecule has 0 amide bonds. The molecule has 0 aliphatic heterocycles. The van der Waals surface area contributed by atoms with E-state index in [2.05, 4.69) is 19.1 Å². The maximum atomic E-state index is 14.6. The van der Waals surface area contributed by atoms with Crippen LogP contribution < -0.4 is 0 Å². The van der Waals surface area contributed by atoms with Gasteiger partial charge in [0.1, 0.15) is 6.17 Å². The van der Waals surface area contributed by atoms with E-state index >= 15 is 0 Å². The summed E-state index contributed by atoms with van der Waals surface area (Å²) in [7, 11) is 1.50. The Morgan fingerprint density at radius 2 is 1.35 bits per heavy atom. The van der Waals surface area contributed by atoms with Crippen LogP contribution in [0.4, 0.5) is 8.78 Å². The molecule has 150 valence electrons. The molecule has 0 N–H and O–H groups in total. The molecule has 3 rings (SSSR count). The van der Waals surface area contributed by atoms with Crippen LogP contribution in [0.15, 0.2) is 12.2 Å². The van der Waals surface area contributed by atoms with Crippen LogP contribution in [0.1, 0.15) is 77.6 Å². The van der Waals surface area contributed by atoms with E-state index in [-0.39, 0.29) is 5.92 Å². The van der Waals surface area contributed by atoms with Gasteiger partial charge in [0.05, 0.1) is 6.10 Å². The van der Waals surface area contributed by atoms with Gasteiger partial charge in [-0.05, 0) is 107 Å². The third-order valence-corrected chi connectivity index (χ3v) is 7.84. The van der Waals surface area contributed by atoms with Gasteiger partial charge in [0.25, 0.3) is 0 Å². The first-order valence-electron chi connectivity index (χ1n) is 11.1. The van der Waals surface area contributed by atoms with Crippen LogP contribution in [-0.2, 0) is 4.74 Å². The summed E-state index contributed by atoms with van der Waals surface area (Å²) in [4.78, 5) is 0. The number of halogens is 2. The maximum absolute atomic E-state index is 14.6. The number of allylic oxidation sites excluding steroid dienone is 2. The Bertz CT molecular complexity index is 435. The summed E-state index contributed by atoms with van der Waals surface area (Å²) in [6.45, 7) is 2.11. The molecule has 4 unspecified atom stereocenters. The molecule has 3 aliphatic rings. The van der Waals surface area contributed by atoms with Gasteiger partial charge in [0.2, 0.25) is 0 Å². The lowest BCUT2D eigenvalue weighted by molar-refractivity contribution is -0.0729. The third-order valence-electron chi connectivity index (χ3n) is 7.84. The van der Waals surface area contributed by atoms with E-state index in [0.29, 0.717) is 12.3 Å². The maximum Gasteiger partial charge on any atom is 0.157 e. The van der Waals surface area contributed by atoms with Crippen LogP contribution in [-0.4, -0.2) is 25.6 Å². The fraction of sp³-hybridized carbons (Fsp3) is 0.913. The molecule has 0 spiro atoms. The number of methoxy groups -OCH3 is 1. The van der Waals surface area contributed by atoms with Crippen LogP contribution in [0, 0.1) is 29.6 Å². The van der Waals surface area contributed by atoms with Crippen molar-refractivity contribution in [2.45, 2.75) is 96.0 Å². The lowest BCUT2D eigenvalue weighted by Gasteiger charge is -2.43. The monoisotopic (exact) mass is 368 g/mol. The molecular weight excluding hydrogens is 330 g/mol. The molecular formula is C23H38F2O. The van der Waals surface area contributed by atoms with Gasteiger partial charge in [-0.2, -0.15) is 0 Å². The van der Waals surface area contributed by atoms with Crippen molar-refractivity contribution >= 4 is 0 Å². The summed E-state index contributed by atoms with van der Waals surface area (Å²) in [6, 6.07) is 0. The molecule has 0 bridgehead atoms. The standard InChI is InChI=1S/C23H38F2O/c1-3-4-5-16-6-8-17(9-7-16)18-10-12-19(13-11-18)20-14-15-21(26-2)23(25)22(20)24/h3-4,16-23H,5-15H2,1-2H3/b4-3+.